The first-order valence-electron chi connectivity index (χ1n) is 8.61. The number of hydrogen-bond donors (Lipinski definition) is 1. The number of ether oxygens (including phenoxy) is 1. The van der Waals surface area contributed by atoms with Crippen LogP contribution < -0.4 is 15.6 Å². The van der Waals surface area contributed by atoms with Gasteiger partial charge in [-0.2, -0.15) is 5.10 Å². The molecule has 0 aliphatic heterocycles. The Balaban J connectivity index is 1.65. The Morgan fingerprint density at radius 3 is 2.67 bits per heavy atom. The summed E-state index contributed by atoms with van der Waals surface area (Å²) in [6.07, 6.45) is 2.59. The zero-order valence-corrected chi connectivity index (χ0v) is 15.1. The minimum atomic E-state index is -0.383. The van der Waals surface area contributed by atoms with Crippen LogP contribution in [0, 0.1) is 5.92 Å². The number of fused-ring (bicyclic) bond motifs is 1. The van der Waals surface area contributed by atoms with E-state index in [4.69, 9.17) is 9.15 Å². The van der Waals surface area contributed by atoms with Gasteiger partial charge in [-0.15, -0.1) is 0 Å². The second-order valence-corrected chi connectivity index (χ2v) is 6.44. The number of nitrogens with one attached hydrogen (secondary N) is 1. The van der Waals surface area contributed by atoms with Crippen molar-refractivity contribution in [1.29, 1.82) is 0 Å². The number of rotatable bonds is 6. The molecule has 0 spiro atoms. The third-order valence-corrected chi connectivity index (χ3v) is 3.78. The summed E-state index contributed by atoms with van der Waals surface area (Å²) < 4.78 is 11.0. The van der Waals surface area contributed by atoms with Gasteiger partial charge in [0.25, 0.3) is 5.91 Å². The molecule has 0 bridgehead atoms. The van der Waals surface area contributed by atoms with Gasteiger partial charge in [0.15, 0.2) is 0 Å². The van der Waals surface area contributed by atoms with Gasteiger partial charge in [0.05, 0.1) is 23.8 Å². The second kappa shape index (κ2) is 8.31. The van der Waals surface area contributed by atoms with E-state index in [1.165, 1.54) is 12.5 Å². The number of hydrazone groups is 1. The smallest absolute Gasteiger partial charge is 0.271 e. The summed E-state index contributed by atoms with van der Waals surface area (Å²) in [4.78, 5) is 24.5. The molecule has 27 heavy (non-hydrogen) atoms. The normalized spacial score (nSPS) is 11.2. The Kier molecular flexibility index (Phi) is 5.66. The highest BCUT2D eigenvalue weighted by Gasteiger charge is 2.06. The fourth-order valence-electron chi connectivity index (χ4n) is 2.37. The highest BCUT2D eigenvalue weighted by molar-refractivity contribution is 5.95. The van der Waals surface area contributed by atoms with Crippen molar-refractivity contribution in [2.45, 2.75) is 13.8 Å². The topological polar surface area (TPSA) is 80.9 Å². The SMILES string of the molecule is CC(C)COc1ccc(C(=O)N/N=C/c2coc3ccccc3c2=O)cc1. The van der Waals surface area contributed by atoms with Crippen LogP contribution >= 0.6 is 0 Å². The van der Waals surface area contributed by atoms with Crippen molar-refractivity contribution in [3.8, 4) is 5.75 Å². The lowest BCUT2D eigenvalue weighted by atomic mass is 10.2. The average Bonchev–Trinajstić information content (AvgIpc) is 2.68. The van der Waals surface area contributed by atoms with Gasteiger partial charge in [-0.25, -0.2) is 5.43 Å². The van der Waals surface area contributed by atoms with E-state index in [0.717, 1.165) is 0 Å². The van der Waals surface area contributed by atoms with E-state index >= 15 is 0 Å². The minimum Gasteiger partial charge on any atom is -0.493 e. The summed E-state index contributed by atoms with van der Waals surface area (Å²) >= 11 is 0. The molecule has 1 aromatic heterocycles. The van der Waals surface area contributed by atoms with E-state index < -0.39 is 0 Å². The lowest BCUT2D eigenvalue weighted by Gasteiger charge is -2.08. The summed E-state index contributed by atoms with van der Waals surface area (Å²) in [5.41, 5.74) is 3.39. The Morgan fingerprint density at radius 1 is 1.19 bits per heavy atom. The Morgan fingerprint density at radius 2 is 1.93 bits per heavy atom. The first-order valence-corrected chi connectivity index (χ1v) is 8.61. The molecule has 6 nitrogen and oxygen atoms in total. The molecule has 0 atom stereocenters. The molecule has 1 N–H and O–H groups in total. The van der Waals surface area contributed by atoms with Crippen LogP contribution in [0.3, 0.4) is 0 Å². The van der Waals surface area contributed by atoms with E-state index in [1.54, 1.807) is 48.5 Å². The molecular weight excluding hydrogens is 344 g/mol. The van der Waals surface area contributed by atoms with Crippen molar-refractivity contribution in [3.05, 3.63) is 76.1 Å². The van der Waals surface area contributed by atoms with Gasteiger partial charge in [-0.1, -0.05) is 26.0 Å². The molecule has 6 heteroatoms. The van der Waals surface area contributed by atoms with Gasteiger partial charge in [-0.3, -0.25) is 9.59 Å². The van der Waals surface area contributed by atoms with Crippen LogP contribution in [0.25, 0.3) is 11.0 Å². The summed E-state index contributed by atoms with van der Waals surface area (Å²) in [6, 6.07) is 13.7. The van der Waals surface area contributed by atoms with Crippen molar-refractivity contribution in [1.82, 2.24) is 5.43 Å². The third-order valence-electron chi connectivity index (χ3n) is 3.78. The zero-order chi connectivity index (χ0) is 19.2. The second-order valence-electron chi connectivity index (χ2n) is 6.44. The molecule has 3 aromatic rings. The van der Waals surface area contributed by atoms with Crippen molar-refractivity contribution < 1.29 is 13.9 Å². The van der Waals surface area contributed by atoms with E-state index in [-0.39, 0.29) is 16.9 Å². The molecule has 0 unspecified atom stereocenters. The lowest BCUT2D eigenvalue weighted by Crippen LogP contribution is -2.18. The molecule has 2 aromatic carbocycles. The van der Waals surface area contributed by atoms with Gasteiger partial charge in [0.1, 0.15) is 17.6 Å². The van der Waals surface area contributed by atoms with Crippen LogP contribution in [-0.4, -0.2) is 18.7 Å². The van der Waals surface area contributed by atoms with E-state index in [0.29, 0.717) is 34.8 Å². The Bertz CT molecular complexity index is 1020. The van der Waals surface area contributed by atoms with Crippen LogP contribution in [0.2, 0.25) is 0 Å². The molecule has 0 saturated heterocycles. The summed E-state index contributed by atoms with van der Waals surface area (Å²) in [6.45, 7) is 4.75. The number of nitrogens with zero attached hydrogens (tertiary/aromatic N) is 1. The van der Waals surface area contributed by atoms with Crippen LogP contribution in [-0.2, 0) is 0 Å². The first-order chi connectivity index (χ1) is 13.0. The quantitative estimate of drug-likeness (QED) is 0.535. The number of hydrogen-bond acceptors (Lipinski definition) is 5. The molecule has 0 saturated carbocycles. The molecule has 0 aliphatic rings. The highest BCUT2D eigenvalue weighted by Crippen LogP contribution is 2.13. The highest BCUT2D eigenvalue weighted by atomic mass is 16.5. The fraction of sp³-hybridized carbons (Fsp3) is 0.190. The van der Waals surface area contributed by atoms with E-state index in [2.05, 4.69) is 24.4 Å². The van der Waals surface area contributed by atoms with Crippen LogP contribution in [0.15, 0.2) is 69.1 Å². The predicted molar refractivity (Wildman–Crippen MR) is 104 cm³/mol. The number of carbonyl (C=O) groups is 1. The van der Waals surface area contributed by atoms with Gasteiger partial charge in [0.2, 0.25) is 5.43 Å². The largest absolute Gasteiger partial charge is 0.493 e. The van der Waals surface area contributed by atoms with Crippen molar-refractivity contribution >= 4 is 23.1 Å². The van der Waals surface area contributed by atoms with Crippen LogP contribution in [0.4, 0.5) is 0 Å². The van der Waals surface area contributed by atoms with Crippen LogP contribution in [0.1, 0.15) is 29.8 Å². The molecule has 138 valence electrons. The Labute approximate surface area is 156 Å². The maximum Gasteiger partial charge on any atom is 0.271 e. The average molecular weight is 364 g/mol. The van der Waals surface area contributed by atoms with Crippen molar-refractivity contribution in [2.24, 2.45) is 11.0 Å². The van der Waals surface area contributed by atoms with E-state index in [1.807, 2.05) is 0 Å². The van der Waals surface area contributed by atoms with Crippen molar-refractivity contribution in [3.63, 3.8) is 0 Å². The lowest BCUT2D eigenvalue weighted by molar-refractivity contribution is 0.0955. The number of carbonyl (C=O) groups excluding carboxylic acids is 1. The predicted octanol–water partition coefficient (Wildman–Crippen LogP) is 3.59. The number of amides is 1. The molecular formula is C21H20N2O4. The molecule has 0 aliphatic carbocycles. The Hall–Kier alpha value is -3.41. The standard InChI is InChI=1S/C21H20N2O4/c1-14(2)12-26-17-9-7-15(8-10-17)21(25)23-22-11-16-13-27-19-6-4-3-5-18(19)20(16)24/h3-11,13-14H,12H2,1-2H3,(H,23,25)/b22-11+. The molecule has 0 fully saturated rings. The maximum atomic E-state index is 12.3. The zero-order valence-electron chi connectivity index (χ0n) is 15.1. The summed E-state index contributed by atoms with van der Waals surface area (Å²) in [7, 11) is 0. The third kappa shape index (κ3) is 4.61. The van der Waals surface area contributed by atoms with Gasteiger partial charge < -0.3 is 9.15 Å². The number of benzene rings is 2. The monoisotopic (exact) mass is 364 g/mol. The summed E-state index contributed by atoms with van der Waals surface area (Å²) in [5, 5.41) is 4.31. The molecule has 0 radical (unpaired) electrons. The molecule has 1 amide bonds. The fourth-order valence-corrected chi connectivity index (χ4v) is 2.37. The van der Waals surface area contributed by atoms with Gasteiger partial charge in [-0.05, 0) is 42.3 Å². The number of para-hydroxylation sites is 1. The molecule has 3 rings (SSSR count). The van der Waals surface area contributed by atoms with Crippen molar-refractivity contribution in [2.75, 3.05) is 6.61 Å². The molecule has 1 heterocycles. The maximum absolute atomic E-state index is 12.3. The van der Waals surface area contributed by atoms with Crippen LogP contribution in [0.5, 0.6) is 5.75 Å². The minimum absolute atomic E-state index is 0.207. The first kappa shape index (κ1) is 18.4. The van der Waals surface area contributed by atoms with Gasteiger partial charge in [0, 0.05) is 5.56 Å². The van der Waals surface area contributed by atoms with Gasteiger partial charge >= 0.3 is 0 Å². The van der Waals surface area contributed by atoms with E-state index in [9.17, 15) is 9.59 Å². The summed E-state index contributed by atoms with van der Waals surface area (Å²) in [5.74, 6) is 0.749.